The smallest absolute Gasteiger partial charge is 0.181 e. The van der Waals surface area contributed by atoms with Crippen LogP contribution in [-0.4, -0.2) is 12.1 Å². The van der Waals surface area contributed by atoms with Crippen molar-refractivity contribution in [3.63, 3.8) is 0 Å². The van der Waals surface area contributed by atoms with Gasteiger partial charge in [-0.1, -0.05) is 0 Å². The maximum Gasteiger partial charge on any atom is 0.181 e. The molecular weight excluding hydrogens is 192 g/mol. The highest BCUT2D eigenvalue weighted by atomic mass is 16.5. The van der Waals surface area contributed by atoms with E-state index in [4.69, 9.17) is 14.9 Å². The minimum atomic E-state index is 0.439. The quantitative estimate of drug-likeness (QED) is 0.828. The fraction of sp³-hybridized carbons (Fsp3) is 0.182. The van der Waals surface area contributed by atoms with Crippen molar-refractivity contribution >= 4 is 0 Å². The summed E-state index contributed by atoms with van der Waals surface area (Å²) < 4.78 is 10.1. The number of hydrogen-bond acceptors (Lipinski definition) is 4. The summed E-state index contributed by atoms with van der Waals surface area (Å²) in [5.74, 6) is 0.796. The van der Waals surface area contributed by atoms with Gasteiger partial charge < -0.3 is 14.9 Å². The van der Waals surface area contributed by atoms with Gasteiger partial charge >= 0.3 is 0 Å². The van der Waals surface area contributed by atoms with Gasteiger partial charge in [0, 0.05) is 17.7 Å². The van der Waals surface area contributed by atoms with Crippen LogP contribution in [0.2, 0.25) is 0 Å². The molecule has 0 unspecified atom stereocenters. The van der Waals surface area contributed by atoms with Crippen molar-refractivity contribution < 1.29 is 9.15 Å². The Kier molecular flexibility index (Phi) is 2.69. The monoisotopic (exact) mass is 204 g/mol. The summed E-state index contributed by atoms with van der Waals surface area (Å²) >= 11 is 0. The topological polar surface area (TPSA) is 61.3 Å². The lowest BCUT2D eigenvalue weighted by Gasteiger charge is -2.07. The van der Waals surface area contributed by atoms with Crippen LogP contribution < -0.4 is 10.5 Å². The number of oxazole rings is 1. The average molecular weight is 204 g/mol. The highest BCUT2D eigenvalue weighted by Gasteiger charge is 2.05. The van der Waals surface area contributed by atoms with Gasteiger partial charge in [-0.2, -0.15) is 0 Å². The van der Waals surface area contributed by atoms with Crippen molar-refractivity contribution in [3.05, 3.63) is 36.4 Å². The minimum absolute atomic E-state index is 0.439. The molecule has 0 spiro atoms. The van der Waals surface area contributed by atoms with E-state index in [1.807, 2.05) is 18.2 Å². The second-order valence-corrected chi connectivity index (χ2v) is 3.10. The molecule has 0 aliphatic carbocycles. The maximum atomic E-state index is 5.62. The molecule has 0 saturated heterocycles. The number of methoxy groups -OCH3 is 1. The van der Waals surface area contributed by atoms with Crippen molar-refractivity contribution in [2.24, 2.45) is 5.73 Å². The Bertz CT molecular complexity index is 438. The highest BCUT2D eigenvalue weighted by molar-refractivity contribution is 5.60. The van der Waals surface area contributed by atoms with Gasteiger partial charge in [0.25, 0.3) is 0 Å². The molecular formula is C11H12N2O2. The molecule has 1 aromatic heterocycles. The van der Waals surface area contributed by atoms with Gasteiger partial charge in [0.05, 0.1) is 7.11 Å². The zero-order chi connectivity index (χ0) is 10.7. The van der Waals surface area contributed by atoms with Crippen LogP contribution in [0.1, 0.15) is 5.56 Å². The molecule has 2 aromatic rings. The fourth-order valence-electron chi connectivity index (χ4n) is 1.45. The van der Waals surface area contributed by atoms with Crippen molar-refractivity contribution in [3.8, 4) is 17.0 Å². The van der Waals surface area contributed by atoms with E-state index in [0.29, 0.717) is 6.54 Å². The molecule has 0 amide bonds. The van der Waals surface area contributed by atoms with E-state index in [1.165, 1.54) is 6.39 Å². The van der Waals surface area contributed by atoms with E-state index in [1.54, 1.807) is 13.4 Å². The van der Waals surface area contributed by atoms with Crippen LogP contribution in [0.25, 0.3) is 11.3 Å². The first-order valence-corrected chi connectivity index (χ1v) is 4.60. The Morgan fingerprint density at radius 1 is 1.47 bits per heavy atom. The summed E-state index contributed by atoms with van der Waals surface area (Å²) in [5.41, 5.74) is 8.36. The van der Waals surface area contributed by atoms with Crippen LogP contribution in [0, 0.1) is 0 Å². The molecule has 1 aromatic carbocycles. The Hall–Kier alpha value is -1.81. The first-order chi connectivity index (χ1) is 7.35. The van der Waals surface area contributed by atoms with E-state index in [9.17, 15) is 0 Å². The number of nitrogens with two attached hydrogens (primary N) is 1. The third-order valence-electron chi connectivity index (χ3n) is 2.23. The van der Waals surface area contributed by atoms with Crippen LogP contribution in [0.15, 0.2) is 35.3 Å². The molecule has 4 heteroatoms. The number of hydrogen-bond donors (Lipinski definition) is 1. The Labute approximate surface area is 87.7 Å². The standard InChI is InChI=1S/C11H12N2O2/c1-14-11-3-2-8(4-9(11)5-12)10-6-15-7-13-10/h2-4,6-7H,5,12H2,1H3. The number of benzene rings is 1. The van der Waals surface area contributed by atoms with Gasteiger partial charge in [0.15, 0.2) is 6.39 Å². The van der Waals surface area contributed by atoms with E-state index in [2.05, 4.69) is 4.98 Å². The Balaban J connectivity index is 2.43. The van der Waals surface area contributed by atoms with Crippen molar-refractivity contribution in [1.82, 2.24) is 4.98 Å². The average Bonchev–Trinajstić information content (AvgIpc) is 2.81. The van der Waals surface area contributed by atoms with Crippen molar-refractivity contribution in [2.45, 2.75) is 6.54 Å². The van der Waals surface area contributed by atoms with E-state index in [0.717, 1.165) is 22.6 Å². The molecule has 0 aliphatic rings. The van der Waals surface area contributed by atoms with Gasteiger partial charge in [-0.05, 0) is 18.2 Å². The molecule has 2 rings (SSSR count). The van der Waals surface area contributed by atoms with E-state index in [-0.39, 0.29) is 0 Å². The second kappa shape index (κ2) is 4.14. The number of nitrogens with zero attached hydrogens (tertiary/aromatic N) is 1. The summed E-state index contributed by atoms with van der Waals surface area (Å²) in [7, 11) is 1.63. The van der Waals surface area contributed by atoms with Gasteiger partial charge in [0.1, 0.15) is 17.7 Å². The Morgan fingerprint density at radius 3 is 2.93 bits per heavy atom. The van der Waals surface area contributed by atoms with Crippen LogP contribution in [0.4, 0.5) is 0 Å². The molecule has 15 heavy (non-hydrogen) atoms. The molecule has 0 fully saturated rings. The normalized spacial score (nSPS) is 10.3. The molecule has 78 valence electrons. The van der Waals surface area contributed by atoms with Crippen molar-refractivity contribution in [1.29, 1.82) is 0 Å². The van der Waals surface area contributed by atoms with Crippen molar-refractivity contribution in [2.75, 3.05) is 7.11 Å². The Morgan fingerprint density at radius 2 is 2.33 bits per heavy atom. The lowest BCUT2D eigenvalue weighted by atomic mass is 10.1. The third-order valence-corrected chi connectivity index (χ3v) is 2.23. The lowest BCUT2D eigenvalue weighted by molar-refractivity contribution is 0.410. The fourth-order valence-corrected chi connectivity index (χ4v) is 1.45. The molecule has 0 atom stereocenters. The SMILES string of the molecule is COc1ccc(-c2cocn2)cc1CN. The minimum Gasteiger partial charge on any atom is -0.496 e. The van der Waals surface area contributed by atoms with E-state index >= 15 is 0 Å². The third kappa shape index (κ3) is 1.85. The van der Waals surface area contributed by atoms with Gasteiger partial charge in [-0.3, -0.25) is 0 Å². The molecule has 4 nitrogen and oxygen atoms in total. The summed E-state index contributed by atoms with van der Waals surface area (Å²) in [5, 5.41) is 0. The van der Waals surface area contributed by atoms with E-state index < -0.39 is 0 Å². The molecule has 0 radical (unpaired) electrons. The largest absolute Gasteiger partial charge is 0.496 e. The van der Waals surface area contributed by atoms with Crippen LogP contribution in [-0.2, 0) is 6.54 Å². The molecule has 0 aliphatic heterocycles. The molecule has 0 bridgehead atoms. The first-order valence-electron chi connectivity index (χ1n) is 4.60. The predicted octanol–water partition coefficient (Wildman–Crippen LogP) is 1.81. The predicted molar refractivity (Wildman–Crippen MR) is 56.4 cm³/mol. The van der Waals surface area contributed by atoms with Crippen LogP contribution in [0.5, 0.6) is 5.75 Å². The van der Waals surface area contributed by atoms with Crippen LogP contribution >= 0.6 is 0 Å². The first kappa shape index (κ1) is 9.73. The number of ether oxygens (including phenoxy) is 1. The zero-order valence-electron chi connectivity index (χ0n) is 8.43. The molecule has 2 N–H and O–H groups in total. The lowest BCUT2D eigenvalue weighted by Crippen LogP contribution is -2.00. The summed E-state index contributed by atoms with van der Waals surface area (Å²) in [6.45, 7) is 0.439. The summed E-state index contributed by atoms with van der Waals surface area (Å²) in [6, 6.07) is 5.76. The number of rotatable bonds is 3. The van der Waals surface area contributed by atoms with Gasteiger partial charge in [-0.25, -0.2) is 4.98 Å². The summed E-state index contributed by atoms with van der Waals surface area (Å²) in [6.07, 6.45) is 3.00. The molecule has 0 saturated carbocycles. The number of aromatic nitrogens is 1. The second-order valence-electron chi connectivity index (χ2n) is 3.10. The van der Waals surface area contributed by atoms with Gasteiger partial charge in [0.2, 0.25) is 0 Å². The highest BCUT2D eigenvalue weighted by Crippen LogP contribution is 2.25. The summed E-state index contributed by atoms with van der Waals surface area (Å²) in [4.78, 5) is 4.07. The van der Waals surface area contributed by atoms with Gasteiger partial charge in [-0.15, -0.1) is 0 Å². The molecule has 1 heterocycles. The van der Waals surface area contributed by atoms with Crippen LogP contribution in [0.3, 0.4) is 0 Å². The zero-order valence-corrected chi connectivity index (χ0v) is 8.43. The maximum absolute atomic E-state index is 5.62.